The van der Waals surface area contributed by atoms with Gasteiger partial charge in [0.05, 0.1) is 5.69 Å². The maximum absolute atomic E-state index is 11.3. The van der Waals surface area contributed by atoms with Crippen molar-refractivity contribution in [2.75, 3.05) is 11.6 Å². The minimum Gasteiger partial charge on any atom is -0.273 e. The molecule has 3 nitrogen and oxygen atoms in total. The van der Waals surface area contributed by atoms with Crippen molar-refractivity contribution in [2.24, 2.45) is 0 Å². The molecule has 0 aromatic heterocycles. The molecule has 0 aliphatic carbocycles. The Balaban J connectivity index is 2.25. The fourth-order valence-electron chi connectivity index (χ4n) is 1.30. The highest BCUT2D eigenvalue weighted by atomic mass is 79.9. The fraction of sp³-hybridized carbons (Fsp3) is 0.222. The van der Waals surface area contributed by atoms with Crippen LogP contribution >= 0.6 is 15.9 Å². The molecule has 1 heterocycles. The van der Waals surface area contributed by atoms with Gasteiger partial charge in [-0.2, -0.15) is 0 Å². The summed E-state index contributed by atoms with van der Waals surface area (Å²) in [6.45, 7) is 0.731. The second-order valence-corrected chi connectivity index (χ2v) is 3.78. The molecule has 1 fully saturated rings. The molecule has 1 aliphatic rings. The van der Waals surface area contributed by atoms with E-state index >= 15 is 0 Å². The first-order valence-electron chi connectivity index (χ1n) is 4.09. The molecular weight excluding hydrogens is 232 g/mol. The number of carbonyl (C=O) groups is 1. The Morgan fingerprint density at radius 1 is 1.31 bits per heavy atom. The minimum atomic E-state index is 0.127. The molecule has 13 heavy (non-hydrogen) atoms. The van der Waals surface area contributed by atoms with Crippen molar-refractivity contribution in [1.29, 1.82) is 0 Å². The van der Waals surface area contributed by atoms with Gasteiger partial charge < -0.3 is 0 Å². The van der Waals surface area contributed by atoms with Crippen LogP contribution < -0.4 is 10.4 Å². The molecule has 68 valence electrons. The Morgan fingerprint density at radius 2 is 2.00 bits per heavy atom. The molecule has 0 spiro atoms. The number of rotatable bonds is 1. The van der Waals surface area contributed by atoms with Crippen molar-refractivity contribution < 1.29 is 4.79 Å². The van der Waals surface area contributed by atoms with Gasteiger partial charge in [0, 0.05) is 17.4 Å². The summed E-state index contributed by atoms with van der Waals surface area (Å²) in [5.41, 5.74) is 3.90. The molecule has 0 radical (unpaired) electrons. The highest BCUT2D eigenvalue weighted by molar-refractivity contribution is 9.10. The minimum absolute atomic E-state index is 0.127. The zero-order valence-corrected chi connectivity index (χ0v) is 8.54. The number of hydrogen-bond donors (Lipinski definition) is 1. The predicted molar refractivity (Wildman–Crippen MR) is 54.2 cm³/mol. The maximum atomic E-state index is 11.3. The van der Waals surface area contributed by atoms with Crippen LogP contribution in [0.3, 0.4) is 0 Å². The molecule has 0 atom stereocenters. The number of amides is 1. The van der Waals surface area contributed by atoms with Gasteiger partial charge in [0.15, 0.2) is 0 Å². The van der Waals surface area contributed by atoms with E-state index in [0.717, 1.165) is 16.7 Å². The summed E-state index contributed by atoms with van der Waals surface area (Å²) in [5, 5.41) is 1.59. The lowest BCUT2D eigenvalue weighted by Crippen LogP contribution is -2.33. The summed E-state index contributed by atoms with van der Waals surface area (Å²) in [4.78, 5) is 11.3. The zero-order chi connectivity index (χ0) is 9.26. The molecule has 1 aromatic carbocycles. The van der Waals surface area contributed by atoms with Crippen LogP contribution in [0.15, 0.2) is 28.7 Å². The van der Waals surface area contributed by atoms with E-state index in [2.05, 4.69) is 21.4 Å². The normalized spacial score (nSPS) is 16.7. The number of hydrogen-bond acceptors (Lipinski definition) is 2. The van der Waals surface area contributed by atoms with Crippen molar-refractivity contribution in [3.8, 4) is 0 Å². The quantitative estimate of drug-likeness (QED) is 0.811. The molecule has 1 amide bonds. The number of nitrogens with one attached hydrogen (secondary N) is 1. The van der Waals surface area contributed by atoms with Gasteiger partial charge in [-0.25, -0.2) is 10.4 Å². The number of anilines is 1. The SMILES string of the molecule is O=C1CCNN1c1ccc(Br)cc1. The molecule has 2 rings (SSSR count). The topological polar surface area (TPSA) is 32.3 Å². The third-order valence-corrected chi connectivity index (χ3v) is 2.47. The van der Waals surface area contributed by atoms with Crippen molar-refractivity contribution in [1.82, 2.24) is 5.43 Å². The van der Waals surface area contributed by atoms with E-state index in [9.17, 15) is 4.79 Å². The van der Waals surface area contributed by atoms with Gasteiger partial charge in [0.2, 0.25) is 5.91 Å². The van der Waals surface area contributed by atoms with Crippen LogP contribution in [-0.2, 0) is 4.79 Å². The first-order chi connectivity index (χ1) is 6.27. The summed E-state index contributed by atoms with van der Waals surface area (Å²) in [6, 6.07) is 7.64. The molecule has 1 aliphatic heterocycles. The molecule has 0 saturated carbocycles. The van der Waals surface area contributed by atoms with E-state index in [1.807, 2.05) is 24.3 Å². The van der Waals surface area contributed by atoms with Crippen molar-refractivity contribution in [3.63, 3.8) is 0 Å². The lowest BCUT2D eigenvalue weighted by atomic mass is 10.3. The first kappa shape index (κ1) is 8.72. The van der Waals surface area contributed by atoms with Gasteiger partial charge in [-0.05, 0) is 24.3 Å². The van der Waals surface area contributed by atoms with Crippen LogP contribution in [0.5, 0.6) is 0 Å². The molecule has 1 aromatic rings. The van der Waals surface area contributed by atoms with Crippen molar-refractivity contribution >= 4 is 27.5 Å². The molecular formula is C9H9BrN2O. The zero-order valence-electron chi connectivity index (χ0n) is 6.96. The number of carbonyl (C=O) groups excluding carboxylic acids is 1. The molecule has 1 N–H and O–H groups in total. The average Bonchev–Trinajstić information content (AvgIpc) is 2.53. The Kier molecular flexibility index (Phi) is 2.33. The Hall–Kier alpha value is -0.870. The van der Waals surface area contributed by atoms with Crippen molar-refractivity contribution in [3.05, 3.63) is 28.7 Å². The highest BCUT2D eigenvalue weighted by Gasteiger charge is 2.20. The molecule has 1 saturated heterocycles. The summed E-state index contributed by atoms with van der Waals surface area (Å²) < 4.78 is 1.02. The molecule has 0 bridgehead atoms. The smallest absolute Gasteiger partial charge is 0.242 e. The second-order valence-electron chi connectivity index (χ2n) is 2.86. The van der Waals surface area contributed by atoms with Gasteiger partial charge in [0.1, 0.15) is 0 Å². The summed E-state index contributed by atoms with van der Waals surface area (Å²) in [6.07, 6.45) is 0.579. The summed E-state index contributed by atoms with van der Waals surface area (Å²) in [5.74, 6) is 0.127. The summed E-state index contributed by atoms with van der Waals surface area (Å²) in [7, 11) is 0. The number of halogens is 1. The molecule has 0 unspecified atom stereocenters. The van der Waals surface area contributed by atoms with Crippen molar-refractivity contribution in [2.45, 2.75) is 6.42 Å². The highest BCUT2D eigenvalue weighted by Crippen LogP contribution is 2.19. The Bertz CT molecular complexity index is 323. The van der Waals surface area contributed by atoms with E-state index in [1.54, 1.807) is 5.01 Å². The van der Waals surface area contributed by atoms with Crippen LogP contribution in [0, 0.1) is 0 Å². The fourth-order valence-corrected chi connectivity index (χ4v) is 1.56. The van der Waals surface area contributed by atoms with E-state index in [0.29, 0.717) is 6.42 Å². The second kappa shape index (κ2) is 3.47. The maximum Gasteiger partial charge on any atom is 0.242 e. The number of nitrogens with zero attached hydrogens (tertiary/aromatic N) is 1. The van der Waals surface area contributed by atoms with Gasteiger partial charge in [0.25, 0.3) is 0 Å². The first-order valence-corrected chi connectivity index (χ1v) is 4.89. The number of hydrazine groups is 1. The van der Waals surface area contributed by atoms with Gasteiger partial charge in [-0.15, -0.1) is 0 Å². The van der Waals surface area contributed by atoms with E-state index in [-0.39, 0.29) is 5.91 Å². The number of benzene rings is 1. The van der Waals surface area contributed by atoms with Crippen LogP contribution in [0.1, 0.15) is 6.42 Å². The average molecular weight is 241 g/mol. The predicted octanol–water partition coefficient (Wildman–Crippen LogP) is 1.69. The van der Waals surface area contributed by atoms with Gasteiger partial charge in [-0.1, -0.05) is 15.9 Å². The Morgan fingerprint density at radius 3 is 2.54 bits per heavy atom. The third-order valence-electron chi connectivity index (χ3n) is 1.94. The van der Waals surface area contributed by atoms with Gasteiger partial charge in [-0.3, -0.25) is 4.79 Å². The van der Waals surface area contributed by atoms with E-state index in [1.165, 1.54) is 0 Å². The lowest BCUT2D eigenvalue weighted by Gasteiger charge is -2.15. The lowest BCUT2D eigenvalue weighted by molar-refractivity contribution is -0.117. The molecule has 4 heteroatoms. The van der Waals surface area contributed by atoms with E-state index < -0.39 is 0 Å². The third kappa shape index (κ3) is 1.73. The van der Waals surface area contributed by atoms with Crippen LogP contribution in [0.2, 0.25) is 0 Å². The monoisotopic (exact) mass is 240 g/mol. The van der Waals surface area contributed by atoms with Crippen LogP contribution in [0.4, 0.5) is 5.69 Å². The standard InChI is InChI=1S/C9H9BrN2O/c10-7-1-3-8(4-2-7)12-9(13)5-6-11-12/h1-4,11H,5-6H2. The summed E-state index contributed by atoms with van der Waals surface area (Å²) >= 11 is 3.35. The van der Waals surface area contributed by atoms with Crippen LogP contribution in [0.25, 0.3) is 0 Å². The van der Waals surface area contributed by atoms with E-state index in [4.69, 9.17) is 0 Å². The largest absolute Gasteiger partial charge is 0.273 e. The van der Waals surface area contributed by atoms with Gasteiger partial charge >= 0.3 is 0 Å². The Labute approximate surface area is 84.8 Å². The van der Waals surface area contributed by atoms with Crippen LogP contribution in [-0.4, -0.2) is 12.5 Å².